The number of halogens is 1. The number of nitrogens with zero attached hydrogens (tertiary/aromatic N) is 1. The zero-order valence-electron chi connectivity index (χ0n) is 11.2. The smallest absolute Gasteiger partial charge is 0.354 e. The predicted octanol–water partition coefficient (Wildman–Crippen LogP) is 3.28. The first-order chi connectivity index (χ1) is 9.55. The highest BCUT2D eigenvalue weighted by molar-refractivity contribution is 7.98. The fourth-order valence-electron chi connectivity index (χ4n) is 1.90. The van der Waals surface area contributed by atoms with Crippen molar-refractivity contribution in [2.45, 2.75) is 11.4 Å². The first kappa shape index (κ1) is 14.8. The van der Waals surface area contributed by atoms with Crippen LogP contribution in [0.2, 0.25) is 5.02 Å². The van der Waals surface area contributed by atoms with Crippen LogP contribution in [-0.4, -0.2) is 23.9 Å². The Bertz CT molecular complexity index is 640. The molecule has 0 amide bonds. The molecule has 1 heterocycles. The number of aromatic nitrogens is 1. The summed E-state index contributed by atoms with van der Waals surface area (Å²) < 4.78 is 6.62. The molecule has 0 bridgehead atoms. The van der Waals surface area contributed by atoms with E-state index < -0.39 is 0 Å². The van der Waals surface area contributed by atoms with Gasteiger partial charge in [0.15, 0.2) is 0 Å². The molecule has 0 spiro atoms. The molecule has 4 nitrogen and oxygen atoms in total. The SMILES string of the molecule is COC(=O)c1cc(SC)cn1Cc1cc(Cl)ccc1N. The number of nitrogens with two attached hydrogens (primary N) is 1. The third kappa shape index (κ3) is 3.11. The van der Waals surface area contributed by atoms with Crippen LogP contribution in [0.1, 0.15) is 16.1 Å². The van der Waals surface area contributed by atoms with Crippen molar-refractivity contribution in [3.05, 3.63) is 46.7 Å². The van der Waals surface area contributed by atoms with Crippen LogP contribution < -0.4 is 5.73 Å². The van der Waals surface area contributed by atoms with Crippen molar-refractivity contribution in [1.29, 1.82) is 0 Å². The number of thioether (sulfide) groups is 1. The lowest BCUT2D eigenvalue weighted by atomic mass is 10.2. The van der Waals surface area contributed by atoms with Crippen molar-refractivity contribution in [3.63, 3.8) is 0 Å². The lowest BCUT2D eigenvalue weighted by Crippen LogP contribution is -2.11. The molecule has 20 heavy (non-hydrogen) atoms. The van der Waals surface area contributed by atoms with Crippen LogP contribution in [0, 0.1) is 0 Å². The summed E-state index contributed by atoms with van der Waals surface area (Å²) in [5, 5.41) is 0.617. The Morgan fingerprint density at radius 2 is 2.20 bits per heavy atom. The normalized spacial score (nSPS) is 10.6. The van der Waals surface area contributed by atoms with E-state index in [1.54, 1.807) is 36.0 Å². The summed E-state index contributed by atoms with van der Waals surface area (Å²) >= 11 is 7.55. The Kier molecular flexibility index (Phi) is 4.62. The Balaban J connectivity index is 2.39. The third-order valence-corrected chi connectivity index (χ3v) is 3.88. The standard InChI is InChI=1S/C14H15ClN2O2S/c1-19-14(18)13-6-11(20-2)8-17(13)7-9-5-10(15)3-4-12(9)16/h3-6,8H,7,16H2,1-2H3. The molecule has 0 saturated carbocycles. The third-order valence-electron chi connectivity index (χ3n) is 2.95. The van der Waals surface area contributed by atoms with Gasteiger partial charge in [-0.3, -0.25) is 0 Å². The number of nitrogen functional groups attached to an aromatic ring is 1. The number of rotatable bonds is 4. The minimum atomic E-state index is -0.370. The second-order valence-electron chi connectivity index (χ2n) is 4.23. The number of ether oxygens (including phenoxy) is 1. The molecule has 0 radical (unpaired) electrons. The zero-order chi connectivity index (χ0) is 14.7. The van der Waals surface area contributed by atoms with Crippen LogP contribution in [0.15, 0.2) is 35.4 Å². The van der Waals surface area contributed by atoms with Crippen LogP contribution in [0.5, 0.6) is 0 Å². The average molecular weight is 311 g/mol. The molecule has 1 aromatic carbocycles. The number of carbonyl (C=O) groups is 1. The molecular formula is C14H15ClN2O2S. The number of hydrogen-bond acceptors (Lipinski definition) is 4. The summed E-state index contributed by atoms with van der Waals surface area (Å²) in [5.74, 6) is -0.370. The Labute approximate surface area is 126 Å². The van der Waals surface area contributed by atoms with Crippen molar-refractivity contribution in [2.24, 2.45) is 0 Å². The first-order valence-corrected chi connectivity index (χ1v) is 7.51. The van der Waals surface area contributed by atoms with E-state index in [0.29, 0.717) is 22.9 Å². The summed E-state index contributed by atoms with van der Waals surface area (Å²) in [5.41, 5.74) is 7.95. The van der Waals surface area contributed by atoms with E-state index in [0.717, 1.165) is 10.5 Å². The topological polar surface area (TPSA) is 57.2 Å². The lowest BCUT2D eigenvalue weighted by Gasteiger charge is -2.10. The van der Waals surface area contributed by atoms with Gasteiger partial charge in [0, 0.05) is 28.3 Å². The van der Waals surface area contributed by atoms with Gasteiger partial charge in [0.2, 0.25) is 0 Å². The highest BCUT2D eigenvalue weighted by atomic mass is 35.5. The molecule has 0 aliphatic rings. The van der Waals surface area contributed by atoms with Gasteiger partial charge in [0.1, 0.15) is 5.69 Å². The molecule has 2 rings (SSSR count). The van der Waals surface area contributed by atoms with E-state index in [2.05, 4.69) is 0 Å². The van der Waals surface area contributed by atoms with Crippen molar-refractivity contribution >= 4 is 35.0 Å². The summed E-state index contributed by atoms with van der Waals surface area (Å²) in [6.07, 6.45) is 3.85. The van der Waals surface area contributed by atoms with E-state index in [9.17, 15) is 4.79 Å². The molecular weight excluding hydrogens is 296 g/mol. The van der Waals surface area contributed by atoms with Crippen LogP contribution >= 0.6 is 23.4 Å². The van der Waals surface area contributed by atoms with Gasteiger partial charge in [-0.25, -0.2) is 4.79 Å². The van der Waals surface area contributed by atoms with Gasteiger partial charge in [-0.1, -0.05) is 11.6 Å². The molecule has 2 N–H and O–H groups in total. The Hall–Kier alpha value is -1.59. The quantitative estimate of drug-likeness (QED) is 0.535. The fraction of sp³-hybridized carbons (Fsp3) is 0.214. The van der Waals surface area contributed by atoms with Crippen molar-refractivity contribution in [1.82, 2.24) is 4.57 Å². The van der Waals surface area contributed by atoms with Crippen LogP contribution in [0.3, 0.4) is 0 Å². The molecule has 0 fully saturated rings. The molecule has 0 atom stereocenters. The Morgan fingerprint density at radius 3 is 2.85 bits per heavy atom. The number of methoxy groups -OCH3 is 1. The van der Waals surface area contributed by atoms with Crippen LogP contribution in [-0.2, 0) is 11.3 Å². The second-order valence-corrected chi connectivity index (χ2v) is 5.54. The molecule has 0 aliphatic heterocycles. The van der Waals surface area contributed by atoms with Crippen molar-refractivity contribution < 1.29 is 9.53 Å². The molecule has 0 saturated heterocycles. The Morgan fingerprint density at radius 1 is 1.45 bits per heavy atom. The van der Waals surface area contributed by atoms with Crippen LogP contribution in [0.4, 0.5) is 5.69 Å². The summed E-state index contributed by atoms with van der Waals surface area (Å²) in [6.45, 7) is 0.470. The maximum Gasteiger partial charge on any atom is 0.354 e. The lowest BCUT2D eigenvalue weighted by molar-refractivity contribution is 0.0589. The second kappa shape index (κ2) is 6.24. The van der Waals surface area contributed by atoms with E-state index in [1.807, 2.05) is 17.0 Å². The largest absolute Gasteiger partial charge is 0.464 e. The molecule has 0 unspecified atom stereocenters. The number of anilines is 1. The summed E-state index contributed by atoms with van der Waals surface area (Å²) in [4.78, 5) is 12.8. The number of benzene rings is 1. The highest BCUT2D eigenvalue weighted by Crippen LogP contribution is 2.23. The molecule has 0 aliphatic carbocycles. The number of hydrogen-bond donors (Lipinski definition) is 1. The number of esters is 1. The van der Waals surface area contributed by atoms with Gasteiger partial charge >= 0.3 is 5.97 Å². The molecule has 106 valence electrons. The number of carbonyl (C=O) groups excluding carboxylic acids is 1. The van der Waals surface area contributed by atoms with E-state index in [-0.39, 0.29) is 5.97 Å². The van der Waals surface area contributed by atoms with Crippen LogP contribution in [0.25, 0.3) is 0 Å². The molecule has 6 heteroatoms. The van der Waals surface area contributed by atoms with Crippen molar-refractivity contribution in [2.75, 3.05) is 19.1 Å². The first-order valence-electron chi connectivity index (χ1n) is 5.91. The van der Waals surface area contributed by atoms with Gasteiger partial charge < -0.3 is 15.0 Å². The van der Waals surface area contributed by atoms with Crippen molar-refractivity contribution in [3.8, 4) is 0 Å². The molecule has 1 aromatic heterocycles. The van der Waals surface area contributed by atoms with Gasteiger partial charge in [-0.15, -0.1) is 11.8 Å². The highest BCUT2D eigenvalue weighted by Gasteiger charge is 2.15. The van der Waals surface area contributed by atoms with Gasteiger partial charge in [-0.2, -0.15) is 0 Å². The average Bonchev–Trinajstić information content (AvgIpc) is 2.85. The summed E-state index contributed by atoms with van der Waals surface area (Å²) in [7, 11) is 1.37. The maximum absolute atomic E-state index is 11.8. The predicted molar refractivity (Wildman–Crippen MR) is 82.5 cm³/mol. The minimum Gasteiger partial charge on any atom is -0.464 e. The van der Waals surface area contributed by atoms with E-state index in [4.69, 9.17) is 22.1 Å². The molecule has 2 aromatic rings. The van der Waals surface area contributed by atoms with Gasteiger partial charge in [0.25, 0.3) is 0 Å². The minimum absolute atomic E-state index is 0.370. The fourth-order valence-corrected chi connectivity index (χ4v) is 2.55. The van der Waals surface area contributed by atoms with Gasteiger partial charge in [0.05, 0.1) is 7.11 Å². The zero-order valence-corrected chi connectivity index (χ0v) is 12.8. The van der Waals surface area contributed by atoms with Gasteiger partial charge in [-0.05, 0) is 36.1 Å². The monoisotopic (exact) mass is 310 g/mol. The van der Waals surface area contributed by atoms with E-state index >= 15 is 0 Å². The van der Waals surface area contributed by atoms with E-state index in [1.165, 1.54) is 7.11 Å². The maximum atomic E-state index is 11.8. The summed E-state index contributed by atoms with van der Waals surface area (Å²) in [6, 6.07) is 7.10.